The zero-order valence-electron chi connectivity index (χ0n) is 15.6. The molecule has 1 amide bonds. The van der Waals surface area contributed by atoms with Gasteiger partial charge in [0.2, 0.25) is 0 Å². The Morgan fingerprint density at radius 2 is 1.81 bits per heavy atom. The van der Waals surface area contributed by atoms with Gasteiger partial charge in [0.15, 0.2) is 11.5 Å². The van der Waals surface area contributed by atoms with Gasteiger partial charge in [-0.3, -0.25) is 4.79 Å². The Labute approximate surface area is 158 Å². The molecule has 0 bridgehead atoms. The number of hydrogen-bond donors (Lipinski definition) is 2. The maximum atomic E-state index is 12.2. The summed E-state index contributed by atoms with van der Waals surface area (Å²) in [4.78, 5) is 23.8. The van der Waals surface area contributed by atoms with Gasteiger partial charge < -0.3 is 19.9 Å². The molecule has 0 aliphatic rings. The second-order valence-electron chi connectivity index (χ2n) is 5.99. The fraction of sp³-hybridized carbons (Fsp3) is 0.238. The molecule has 0 heterocycles. The number of nitrogens with one attached hydrogen (secondary N) is 1. The standard InChI is InChI=1S/C21H23NO5/c1-4-26-19-13-15(10-11-18(19)27-14(2)3)12-17(21(24)25)22-20(23)16-8-6-5-7-9-16/h5-14H,4H2,1-3H3,(H,22,23)(H,24,25)/b17-12+. The lowest BCUT2D eigenvalue weighted by Crippen LogP contribution is -2.27. The van der Waals surface area contributed by atoms with E-state index in [0.29, 0.717) is 29.2 Å². The van der Waals surface area contributed by atoms with Gasteiger partial charge in [-0.05, 0) is 56.7 Å². The fourth-order valence-electron chi connectivity index (χ4n) is 2.34. The number of carbonyl (C=O) groups excluding carboxylic acids is 1. The monoisotopic (exact) mass is 369 g/mol. The minimum atomic E-state index is -1.24. The maximum absolute atomic E-state index is 12.2. The molecule has 0 saturated carbocycles. The van der Waals surface area contributed by atoms with E-state index in [9.17, 15) is 14.7 Å². The smallest absolute Gasteiger partial charge is 0.352 e. The Bertz CT molecular complexity index is 828. The molecule has 0 unspecified atom stereocenters. The molecule has 0 radical (unpaired) electrons. The number of hydrogen-bond acceptors (Lipinski definition) is 4. The summed E-state index contributed by atoms with van der Waals surface area (Å²) in [6, 6.07) is 13.5. The summed E-state index contributed by atoms with van der Waals surface area (Å²) in [7, 11) is 0. The normalized spacial score (nSPS) is 11.2. The highest BCUT2D eigenvalue weighted by Gasteiger charge is 2.14. The SMILES string of the molecule is CCOc1cc(/C=C(/NC(=O)c2ccccc2)C(=O)O)ccc1OC(C)C. The van der Waals surface area contributed by atoms with Crippen molar-refractivity contribution in [3.63, 3.8) is 0 Å². The van der Waals surface area contributed by atoms with Crippen molar-refractivity contribution >= 4 is 18.0 Å². The zero-order chi connectivity index (χ0) is 19.8. The summed E-state index contributed by atoms with van der Waals surface area (Å²) in [6.45, 7) is 6.11. The van der Waals surface area contributed by atoms with Crippen LogP contribution < -0.4 is 14.8 Å². The average molecular weight is 369 g/mol. The van der Waals surface area contributed by atoms with Gasteiger partial charge in [-0.1, -0.05) is 24.3 Å². The first-order valence-corrected chi connectivity index (χ1v) is 8.65. The van der Waals surface area contributed by atoms with Gasteiger partial charge in [0.25, 0.3) is 5.91 Å². The number of rotatable bonds is 8. The van der Waals surface area contributed by atoms with E-state index in [2.05, 4.69) is 5.32 Å². The molecular formula is C21H23NO5. The zero-order valence-corrected chi connectivity index (χ0v) is 15.6. The molecule has 27 heavy (non-hydrogen) atoms. The maximum Gasteiger partial charge on any atom is 0.352 e. The van der Waals surface area contributed by atoms with Crippen LogP contribution in [0.3, 0.4) is 0 Å². The number of carboxylic acids is 1. The third kappa shape index (κ3) is 5.88. The molecule has 2 aromatic carbocycles. The van der Waals surface area contributed by atoms with E-state index in [1.54, 1.807) is 48.5 Å². The third-order valence-electron chi connectivity index (χ3n) is 3.46. The Morgan fingerprint density at radius 3 is 2.41 bits per heavy atom. The van der Waals surface area contributed by atoms with Crippen molar-refractivity contribution in [3.8, 4) is 11.5 Å². The van der Waals surface area contributed by atoms with E-state index >= 15 is 0 Å². The second-order valence-corrected chi connectivity index (χ2v) is 5.99. The molecule has 0 aliphatic carbocycles. The summed E-state index contributed by atoms with van der Waals surface area (Å²) in [5, 5.41) is 11.9. The van der Waals surface area contributed by atoms with Crippen molar-refractivity contribution < 1.29 is 24.2 Å². The molecule has 0 fully saturated rings. The van der Waals surface area contributed by atoms with Crippen LogP contribution >= 0.6 is 0 Å². The summed E-state index contributed by atoms with van der Waals surface area (Å²) in [5.41, 5.74) is 0.712. The van der Waals surface area contributed by atoms with Gasteiger partial charge >= 0.3 is 5.97 Å². The van der Waals surface area contributed by atoms with Crippen LogP contribution in [0.4, 0.5) is 0 Å². The van der Waals surface area contributed by atoms with E-state index in [4.69, 9.17) is 9.47 Å². The first-order chi connectivity index (χ1) is 12.9. The summed E-state index contributed by atoms with van der Waals surface area (Å²) in [5.74, 6) is -0.637. The highest BCUT2D eigenvalue weighted by Crippen LogP contribution is 2.30. The van der Waals surface area contributed by atoms with E-state index in [0.717, 1.165) is 0 Å². The van der Waals surface area contributed by atoms with Crippen molar-refractivity contribution in [2.75, 3.05) is 6.61 Å². The first kappa shape index (κ1) is 20.0. The lowest BCUT2D eigenvalue weighted by Gasteiger charge is -2.15. The number of carboxylic acid groups (broad SMARTS) is 1. The van der Waals surface area contributed by atoms with Crippen LogP contribution in [-0.4, -0.2) is 29.7 Å². The predicted molar refractivity (Wildman–Crippen MR) is 103 cm³/mol. The Balaban J connectivity index is 2.30. The minimum Gasteiger partial charge on any atom is -0.490 e. The molecule has 0 aliphatic heterocycles. The highest BCUT2D eigenvalue weighted by molar-refractivity contribution is 6.02. The van der Waals surface area contributed by atoms with Crippen molar-refractivity contribution in [2.24, 2.45) is 0 Å². The molecule has 6 heteroatoms. The second kappa shape index (κ2) is 9.43. The molecule has 6 nitrogen and oxygen atoms in total. The van der Waals surface area contributed by atoms with E-state index in [1.165, 1.54) is 6.08 Å². The van der Waals surface area contributed by atoms with Crippen LogP contribution in [0.2, 0.25) is 0 Å². The van der Waals surface area contributed by atoms with Crippen molar-refractivity contribution in [3.05, 3.63) is 65.4 Å². The Hall–Kier alpha value is -3.28. The number of benzene rings is 2. The first-order valence-electron chi connectivity index (χ1n) is 8.65. The van der Waals surface area contributed by atoms with Gasteiger partial charge in [-0.15, -0.1) is 0 Å². The van der Waals surface area contributed by atoms with E-state index in [-0.39, 0.29) is 11.8 Å². The number of ether oxygens (including phenoxy) is 2. The third-order valence-corrected chi connectivity index (χ3v) is 3.46. The van der Waals surface area contributed by atoms with Crippen LogP contribution in [-0.2, 0) is 4.79 Å². The van der Waals surface area contributed by atoms with Gasteiger partial charge in [0.05, 0.1) is 12.7 Å². The van der Waals surface area contributed by atoms with Gasteiger partial charge in [-0.25, -0.2) is 4.79 Å². The minimum absolute atomic E-state index is 0.0228. The van der Waals surface area contributed by atoms with Crippen LogP contribution in [0.5, 0.6) is 11.5 Å². The van der Waals surface area contributed by atoms with Gasteiger partial charge in [0.1, 0.15) is 5.70 Å². The lowest BCUT2D eigenvalue weighted by atomic mass is 10.1. The summed E-state index contributed by atoms with van der Waals surface area (Å²) in [6.07, 6.45) is 1.36. The van der Waals surface area contributed by atoms with Crippen LogP contribution in [0.1, 0.15) is 36.7 Å². The van der Waals surface area contributed by atoms with Crippen molar-refractivity contribution in [2.45, 2.75) is 26.9 Å². The molecule has 0 aromatic heterocycles. The summed E-state index contributed by atoms with van der Waals surface area (Å²) >= 11 is 0. The Morgan fingerprint density at radius 1 is 1.11 bits per heavy atom. The number of carbonyl (C=O) groups is 2. The van der Waals surface area contributed by atoms with Crippen LogP contribution in [0.25, 0.3) is 6.08 Å². The van der Waals surface area contributed by atoms with E-state index in [1.807, 2.05) is 20.8 Å². The fourth-order valence-corrected chi connectivity index (χ4v) is 2.34. The average Bonchev–Trinajstić information content (AvgIpc) is 2.63. The molecule has 142 valence electrons. The van der Waals surface area contributed by atoms with Crippen LogP contribution in [0, 0.1) is 0 Å². The Kier molecular flexibility index (Phi) is 7.00. The molecule has 2 N–H and O–H groups in total. The summed E-state index contributed by atoms with van der Waals surface area (Å²) < 4.78 is 11.3. The molecule has 0 saturated heterocycles. The van der Waals surface area contributed by atoms with E-state index < -0.39 is 11.9 Å². The molecular weight excluding hydrogens is 346 g/mol. The highest BCUT2D eigenvalue weighted by atomic mass is 16.5. The predicted octanol–water partition coefficient (Wildman–Crippen LogP) is 3.73. The number of amides is 1. The van der Waals surface area contributed by atoms with Crippen LogP contribution in [0.15, 0.2) is 54.2 Å². The molecule has 2 aromatic rings. The van der Waals surface area contributed by atoms with Gasteiger partial charge in [-0.2, -0.15) is 0 Å². The number of aliphatic carboxylic acids is 1. The van der Waals surface area contributed by atoms with Gasteiger partial charge in [0, 0.05) is 5.56 Å². The molecule has 0 atom stereocenters. The largest absolute Gasteiger partial charge is 0.490 e. The topological polar surface area (TPSA) is 84.9 Å². The molecule has 0 spiro atoms. The van der Waals surface area contributed by atoms with Crippen molar-refractivity contribution in [1.29, 1.82) is 0 Å². The quantitative estimate of drug-likeness (QED) is 0.693. The lowest BCUT2D eigenvalue weighted by molar-refractivity contribution is -0.132. The molecule has 2 rings (SSSR count). The van der Waals surface area contributed by atoms with Crippen molar-refractivity contribution in [1.82, 2.24) is 5.32 Å².